The Labute approximate surface area is 141 Å². The van der Waals surface area contributed by atoms with E-state index >= 15 is 0 Å². The minimum absolute atomic E-state index is 0.0736. The number of fused-ring (bicyclic) bond motifs is 2. The average molecular weight is 315 g/mol. The lowest BCUT2D eigenvalue weighted by Crippen LogP contribution is -2.43. The van der Waals surface area contributed by atoms with Crippen molar-refractivity contribution in [3.8, 4) is 6.07 Å². The van der Waals surface area contributed by atoms with Crippen molar-refractivity contribution in [1.29, 1.82) is 5.26 Å². The van der Waals surface area contributed by atoms with E-state index in [1.807, 2.05) is 23.1 Å². The van der Waals surface area contributed by atoms with Crippen LogP contribution in [0.1, 0.15) is 40.7 Å². The van der Waals surface area contributed by atoms with Crippen molar-refractivity contribution in [2.45, 2.75) is 31.3 Å². The minimum Gasteiger partial charge on any atom is -0.329 e. The largest absolute Gasteiger partial charge is 0.329 e. The molecule has 2 aliphatic heterocycles. The van der Waals surface area contributed by atoms with Crippen LogP contribution in [0.5, 0.6) is 0 Å². The minimum atomic E-state index is -0.0736. The molecule has 3 heterocycles. The molecule has 1 aromatic carbocycles. The number of nitrogens with zero attached hydrogens (tertiary/aromatic N) is 3. The van der Waals surface area contributed by atoms with Gasteiger partial charge in [0.1, 0.15) is 6.07 Å². The van der Waals surface area contributed by atoms with Crippen molar-refractivity contribution in [2.75, 3.05) is 0 Å². The molecule has 0 saturated carbocycles. The van der Waals surface area contributed by atoms with Crippen LogP contribution in [0.2, 0.25) is 0 Å². The highest BCUT2D eigenvalue weighted by atomic mass is 16.2. The van der Waals surface area contributed by atoms with Gasteiger partial charge in [0.2, 0.25) is 0 Å². The van der Waals surface area contributed by atoms with E-state index < -0.39 is 0 Å². The van der Waals surface area contributed by atoms with Gasteiger partial charge in [-0.1, -0.05) is 36.4 Å². The zero-order chi connectivity index (χ0) is 16.5. The monoisotopic (exact) mass is 315 g/mol. The van der Waals surface area contributed by atoms with Crippen LogP contribution in [-0.4, -0.2) is 27.9 Å². The number of hydrogen-bond donors (Lipinski definition) is 0. The van der Waals surface area contributed by atoms with Crippen LogP contribution >= 0.6 is 0 Å². The lowest BCUT2D eigenvalue weighted by atomic mass is 9.94. The molecule has 1 saturated heterocycles. The molecular formula is C20H17N3O. The van der Waals surface area contributed by atoms with Gasteiger partial charge in [-0.3, -0.25) is 9.78 Å². The highest BCUT2D eigenvalue weighted by Crippen LogP contribution is 2.39. The second-order valence-electron chi connectivity index (χ2n) is 6.31. The number of carbonyl (C=O) groups excluding carboxylic acids is 1. The Hall–Kier alpha value is -2.93. The van der Waals surface area contributed by atoms with Gasteiger partial charge in [0, 0.05) is 18.4 Å². The quantitative estimate of drug-likeness (QED) is 0.853. The molecule has 0 spiro atoms. The Morgan fingerprint density at radius 3 is 2.79 bits per heavy atom. The van der Waals surface area contributed by atoms with Gasteiger partial charge in [0.25, 0.3) is 5.91 Å². The molecule has 4 heteroatoms. The van der Waals surface area contributed by atoms with E-state index in [1.54, 1.807) is 12.3 Å². The summed E-state index contributed by atoms with van der Waals surface area (Å²) in [5.41, 5.74) is 3.36. The van der Waals surface area contributed by atoms with Crippen LogP contribution in [0.4, 0.5) is 0 Å². The van der Waals surface area contributed by atoms with Crippen molar-refractivity contribution in [3.63, 3.8) is 0 Å². The van der Waals surface area contributed by atoms with Gasteiger partial charge in [-0.05, 0) is 36.5 Å². The molecule has 2 aliphatic rings. The van der Waals surface area contributed by atoms with E-state index in [0.29, 0.717) is 11.1 Å². The molecule has 2 unspecified atom stereocenters. The van der Waals surface area contributed by atoms with Crippen LogP contribution < -0.4 is 0 Å². The van der Waals surface area contributed by atoms with E-state index in [4.69, 9.17) is 0 Å². The summed E-state index contributed by atoms with van der Waals surface area (Å²) in [6.45, 7) is 0. The Balaban J connectivity index is 1.66. The molecule has 4 rings (SSSR count). The third-order valence-corrected chi connectivity index (χ3v) is 4.95. The summed E-state index contributed by atoms with van der Waals surface area (Å²) < 4.78 is 0. The number of pyridine rings is 1. The molecule has 118 valence electrons. The number of benzene rings is 1. The molecule has 0 N–H and O–H groups in total. The number of nitriles is 1. The van der Waals surface area contributed by atoms with Crippen LogP contribution in [0.25, 0.3) is 5.57 Å². The van der Waals surface area contributed by atoms with Crippen LogP contribution in [0.15, 0.2) is 54.9 Å². The second kappa shape index (κ2) is 5.93. The third-order valence-electron chi connectivity index (χ3n) is 4.95. The molecule has 2 atom stereocenters. The summed E-state index contributed by atoms with van der Waals surface area (Å²) in [7, 11) is 0. The van der Waals surface area contributed by atoms with Gasteiger partial charge < -0.3 is 4.90 Å². The summed E-state index contributed by atoms with van der Waals surface area (Å²) in [6.07, 6.45) is 8.14. The zero-order valence-electron chi connectivity index (χ0n) is 13.2. The fraction of sp³-hybridized carbons (Fsp3) is 0.250. The molecule has 2 aromatic rings. The maximum Gasteiger partial charge on any atom is 0.257 e. The first kappa shape index (κ1) is 14.6. The molecule has 1 aromatic heterocycles. The maximum absolute atomic E-state index is 13.0. The summed E-state index contributed by atoms with van der Waals surface area (Å²) in [5.74, 6) is -0.0736. The first-order chi connectivity index (χ1) is 11.8. The number of hydrogen-bond acceptors (Lipinski definition) is 3. The Morgan fingerprint density at radius 1 is 1.21 bits per heavy atom. The van der Waals surface area contributed by atoms with Gasteiger partial charge in [0.15, 0.2) is 0 Å². The number of amides is 1. The second-order valence-corrected chi connectivity index (χ2v) is 6.31. The number of rotatable bonds is 2. The fourth-order valence-electron chi connectivity index (χ4n) is 3.81. The maximum atomic E-state index is 13.0. The topological polar surface area (TPSA) is 57.0 Å². The highest BCUT2D eigenvalue weighted by Gasteiger charge is 2.40. The van der Waals surface area contributed by atoms with Crippen LogP contribution in [-0.2, 0) is 0 Å². The number of carbonyl (C=O) groups is 1. The summed E-state index contributed by atoms with van der Waals surface area (Å²) in [5, 5.41) is 9.24. The highest BCUT2D eigenvalue weighted by molar-refractivity contribution is 5.97. The number of aromatic nitrogens is 1. The first-order valence-corrected chi connectivity index (χ1v) is 8.21. The molecule has 1 amide bonds. The standard InChI is InChI=1S/C20H17N3O/c21-12-15-8-9-22-13-19(15)20(24)23-17-6-7-18(23)11-16(10-17)14-4-2-1-3-5-14/h1-5,8-10,13,17-18H,6-7,11H2. The Morgan fingerprint density at radius 2 is 2.04 bits per heavy atom. The molecule has 0 aliphatic carbocycles. The summed E-state index contributed by atoms with van der Waals surface area (Å²) >= 11 is 0. The third kappa shape index (κ3) is 2.39. The van der Waals surface area contributed by atoms with Gasteiger partial charge in [0.05, 0.1) is 17.2 Å². The normalized spacial score (nSPS) is 22.0. The van der Waals surface area contributed by atoms with E-state index in [1.165, 1.54) is 17.3 Å². The van der Waals surface area contributed by atoms with E-state index in [0.717, 1.165) is 19.3 Å². The van der Waals surface area contributed by atoms with Gasteiger partial charge in [-0.25, -0.2) is 0 Å². The molecule has 24 heavy (non-hydrogen) atoms. The van der Waals surface area contributed by atoms with Crippen molar-refractivity contribution >= 4 is 11.5 Å². The predicted molar refractivity (Wildman–Crippen MR) is 91.0 cm³/mol. The van der Waals surface area contributed by atoms with Gasteiger partial charge in [-0.15, -0.1) is 0 Å². The van der Waals surface area contributed by atoms with E-state index in [2.05, 4.69) is 29.3 Å². The van der Waals surface area contributed by atoms with Crippen LogP contribution in [0, 0.1) is 11.3 Å². The molecule has 0 radical (unpaired) electrons. The zero-order valence-corrected chi connectivity index (χ0v) is 13.2. The summed E-state index contributed by atoms with van der Waals surface area (Å²) in [6, 6.07) is 14.4. The van der Waals surface area contributed by atoms with Crippen molar-refractivity contribution in [3.05, 3.63) is 71.6 Å². The summed E-state index contributed by atoms with van der Waals surface area (Å²) in [4.78, 5) is 19.0. The molecular weight excluding hydrogens is 298 g/mol. The Kier molecular flexibility index (Phi) is 3.62. The predicted octanol–water partition coefficient (Wildman–Crippen LogP) is 3.41. The van der Waals surface area contributed by atoms with Crippen molar-refractivity contribution < 1.29 is 4.79 Å². The fourth-order valence-corrected chi connectivity index (χ4v) is 3.81. The lowest BCUT2D eigenvalue weighted by molar-refractivity contribution is 0.0691. The van der Waals surface area contributed by atoms with Gasteiger partial charge in [-0.2, -0.15) is 5.26 Å². The van der Waals surface area contributed by atoms with Crippen molar-refractivity contribution in [2.24, 2.45) is 0 Å². The average Bonchev–Trinajstić information content (AvgIpc) is 2.91. The van der Waals surface area contributed by atoms with Crippen molar-refractivity contribution in [1.82, 2.24) is 9.88 Å². The lowest BCUT2D eigenvalue weighted by Gasteiger charge is -2.34. The Bertz CT molecular complexity index is 851. The van der Waals surface area contributed by atoms with E-state index in [-0.39, 0.29) is 18.0 Å². The molecule has 4 nitrogen and oxygen atoms in total. The molecule has 2 bridgehead atoms. The SMILES string of the molecule is N#Cc1ccncc1C(=O)N1C2C=C(c3ccccc3)CC1CC2. The van der Waals surface area contributed by atoms with E-state index in [9.17, 15) is 10.1 Å². The van der Waals surface area contributed by atoms with Crippen LogP contribution in [0.3, 0.4) is 0 Å². The van der Waals surface area contributed by atoms with Gasteiger partial charge >= 0.3 is 0 Å². The molecule has 1 fully saturated rings. The smallest absolute Gasteiger partial charge is 0.257 e. The first-order valence-electron chi connectivity index (χ1n) is 8.21.